The van der Waals surface area contributed by atoms with Crippen molar-refractivity contribution in [2.24, 2.45) is 0 Å². The van der Waals surface area contributed by atoms with E-state index in [2.05, 4.69) is 10.0 Å². The van der Waals surface area contributed by atoms with Crippen LogP contribution in [0.1, 0.15) is 0 Å². The SMILES string of the molecule is O=S(=O)(NCC1(O)CNC1)c1cc(Cl)ccc1Cl. The molecule has 8 heteroatoms. The molecule has 100 valence electrons. The molecule has 0 spiro atoms. The van der Waals surface area contributed by atoms with Gasteiger partial charge in [-0.05, 0) is 18.2 Å². The third-order valence-electron chi connectivity index (χ3n) is 2.68. The summed E-state index contributed by atoms with van der Waals surface area (Å²) >= 11 is 11.6. The van der Waals surface area contributed by atoms with Crippen LogP contribution in [-0.4, -0.2) is 38.8 Å². The smallest absolute Gasteiger partial charge is 0.242 e. The lowest BCUT2D eigenvalue weighted by Crippen LogP contribution is -2.64. The third-order valence-corrected chi connectivity index (χ3v) is 4.80. The third kappa shape index (κ3) is 2.96. The quantitative estimate of drug-likeness (QED) is 0.761. The molecule has 0 radical (unpaired) electrons. The Morgan fingerprint density at radius 2 is 2.06 bits per heavy atom. The van der Waals surface area contributed by atoms with Crippen molar-refractivity contribution in [2.45, 2.75) is 10.5 Å². The second-order valence-corrected chi connectivity index (χ2v) is 6.81. The molecule has 5 nitrogen and oxygen atoms in total. The zero-order chi connectivity index (χ0) is 13.4. The summed E-state index contributed by atoms with van der Waals surface area (Å²) in [6.45, 7) is 0.656. The minimum atomic E-state index is -3.78. The maximum atomic E-state index is 12.0. The molecular weight excluding hydrogens is 299 g/mol. The summed E-state index contributed by atoms with van der Waals surface area (Å²) in [6.07, 6.45) is 0. The molecule has 2 rings (SSSR count). The summed E-state index contributed by atoms with van der Waals surface area (Å²) in [4.78, 5) is -0.0902. The monoisotopic (exact) mass is 310 g/mol. The van der Waals surface area contributed by atoms with E-state index >= 15 is 0 Å². The maximum absolute atomic E-state index is 12.0. The van der Waals surface area contributed by atoms with Crippen LogP contribution in [0.2, 0.25) is 10.0 Å². The number of β-amino-alcohol motifs (C(OH)–C–C–N with tert-alkyl or cyclic N) is 1. The summed E-state index contributed by atoms with van der Waals surface area (Å²) in [6, 6.07) is 4.19. The number of halogens is 2. The van der Waals surface area contributed by atoms with E-state index in [0.717, 1.165) is 0 Å². The number of nitrogens with one attached hydrogen (secondary N) is 2. The molecule has 1 aromatic carbocycles. The van der Waals surface area contributed by atoms with Gasteiger partial charge in [-0.25, -0.2) is 13.1 Å². The van der Waals surface area contributed by atoms with Crippen molar-refractivity contribution in [3.63, 3.8) is 0 Å². The largest absolute Gasteiger partial charge is 0.386 e. The van der Waals surface area contributed by atoms with Crippen LogP contribution in [0.5, 0.6) is 0 Å². The first-order valence-electron chi connectivity index (χ1n) is 5.20. The Labute approximate surface area is 115 Å². The lowest BCUT2D eigenvalue weighted by molar-refractivity contribution is -0.00396. The minimum absolute atomic E-state index is 0.0643. The fourth-order valence-corrected chi connectivity index (χ4v) is 3.41. The Hall–Kier alpha value is -0.370. The molecule has 0 unspecified atom stereocenters. The van der Waals surface area contributed by atoms with E-state index in [0.29, 0.717) is 13.1 Å². The van der Waals surface area contributed by atoms with Crippen LogP contribution >= 0.6 is 23.2 Å². The first-order chi connectivity index (χ1) is 8.32. The lowest BCUT2D eigenvalue weighted by Gasteiger charge is -2.37. The van der Waals surface area contributed by atoms with Gasteiger partial charge in [0.2, 0.25) is 10.0 Å². The van der Waals surface area contributed by atoms with Crippen LogP contribution in [0.4, 0.5) is 0 Å². The van der Waals surface area contributed by atoms with E-state index in [-0.39, 0.29) is 21.5 Å². The van der Waals surface area contributed by atoms with Gasteiger partial charge in [0.1, 0.15) is 10.5 Å². The van der Waals surface area contributed by atoms with E-state index in [1.165, 1.54) is 18.2 Å². The summed E-state index contributed by atoms with van der Waals surface area (Å²) in [5.41, 5.74) is -1.03. The lowest BCUT2D eigenvalue weighted by atomic mass is 9.98. The predicted molar refractivity (Wildman–Crippen MR) is 69.5 cm³/mol. The zero-order valence-electron chi connectivity index (χ0n) is 9.28. The van der Waals surface area contributed by atoms with E-state index in [9.17, 15) is 13.5 Å². The number of rotatable bonds is 4. The molecule has 0 aliphatic carbocycles. The van der Waals surface area contributed by atoms with Gasteiger partial charge in [0.25, 0.3) is 0 Å². The zero-order valence-corrected chi connectivity index (χ0v) is 11.6. The van der Waals surface area contributed by atoms with Crippen LogP contribution in [0, 0.1) is 0 Å². The molecule has 1 aliphatic heterocycles. The van der Waals surface area contributed by atoms with E-state index < -0.39 is 15.6 Å². The van der Waals surface area contributed by atoms with E-state index in [1.54, 1.807) is 0 Å². The first kappa shape index (κ1) is 14.0. The molecule has 1 fully saturated rings. The number of hydrogen-bond acceptors (Lipinski definition) is 4. The number of aliphatic hydroxyl groups is 1. The van der Waals surface area contributed by atoms with Crippen molar-refractivity contribution in [3.05, 3.63) is 28.2 Å². The Morgan fingerprint density at radius 1 is 1.39 bits per heavy atom. The molecule has 0 amide bonds. The van der Waals surface area contributed by atoms with Gasteiger partial charge in [-0.3, -0.25) is 0 Å². The Morgan fingerprint density at radius 3 is 2.61 bits per heavy atom. The summed E-state index contributed by atoms with van der Waals surface area (Å²) < 4.78 is 26.3. The van der Waals surface area contributed by atoms with Gasteiger partial charge in [0.15, 0.2) is 0 Å². The van der Waals surface area contributed by atoms with Crippen molar-refractivity contribution in [1.29, 1.82) is 0 Å². The highest BCUT2D eigenvalue weighted by Gasteiger charge is 2.35. The second-order valence-electron chi connectivity index (χ2n) is 4.23. The van der Waals surface area contributed by atoms with Crippen LogP contribution in [0.15, 0.2) is 23.1 Å². The van der Waals surface area contributed by atoms with E-state index in [4.69, 9.17) is 23.2 Å². The molecular formula is C10H12Cl2N2O3S. The van der Waals surface area contributed by atoms with Crippen molar-refractivity contribution < 1.29 is 13.5 Å². The standard InChI is InChI=1S/C10H12Cl2N2O3S/c11-7-1-2-8(12)9(3-7)18(16,17)14-6-10(15)4-13-5-10/h1-3,13-15H,4-6H2. The fraction of sp³-hybridized carbons (Fsp3) is 0.400. The van der Waals surface area contributed by atoms with Crippen molar-refractivity contribution >= 4 is 33.2 Å². The molecule has 1 aromatic rings. The van der Waals surface area contributed by atoms with Gasteiger partial charge >= 0.3 is 0 Å². The number of sulfonamides is 1. The minimum Gasteiger partial charge on any atom is -0.386 e. The van der Waals surface area contributed by atoms with Gasteiger partial charge in [-0.2, -0.15) is 0 Å². The van der Waals surface area contributed by atoms with Gasteiger partial charge in [-0.15, -0.1) is 0 Å². The van der Waals surface area contributed by atoms with Crippen LogP contribution in [0.3, 0.4) is 0 Å². The molecule has 1 heterocycles. The Balaban J connectivity index is 2.17. The van der Waals surface area contributed by atoms with Gasteiger partial charge < -0.3 is 10.4 Å². The molecule has 0 aromatic heterocycles. The van der Waals surface area contributed by atoms with Gasteiger partial charge in [0.05, 0.1) is 5.02 Å². The Kier molecular flexibility index (Phi) is 3.87. The average Bonchev–Trinajstić information content (AvgIpc) is 2.27. The summed E-state index contributed by atoms with van der Waals surface area (Å²) in [5, 5.41) is 13.0. The highest BCUT2D eigenvalue weighted by Crippen LogP contribution is 2.25. The van der Waals surface area contributed by atoms with Crippen molar-refractivity contribution in [2.75, 3.05) is 19.6 Å². The number of hydrogen-bond donors (Lipinski definition) is 3. The van der Waals surface area contributed by atoms with Gasteiger partial charge in [-0.1, -0.05) is 23.2 Å². The molecule has 1 aliphatic rings. The predicted octanol–water partition coefficient (Wildman–Crippen LogP) is 0.606. The van der Waals surface area contributed by atoms with Gasteiger partial charge in [0, 0.05) is 24.7 Å². The highest BCUT2D eigenvalue weighted by atomic mass is 35.5. The van der Waals surface area contributed by atoms with Crippen LogP contribution in [0.25, 0.3) is 0 Å². The molecule has 0 bridgehead atoms. The van der Waals surface area contributed by atoms with Crippen LogP contribution < -0.4 is 10.0 Å². The van der Waals surface area contributed by atoms with Crippen LogP contribution in [-0.2, 0) is 10.0 Å². The fourth-order valence-electron chi connectivity index (χ4n) is 1.53. The van der Waals surface area contributed by atoms with Crippen molar-refractivity contribution in [1.82, 2.24) is 10.0 Å². The van der Waals surface area contributed by atoms with Crippen molar-refractivity contribution in [3.8, 4) is 0 Å². The number of benzene rings is 1. The normalized spacial score (nSPS) is 18.4. The molecule has 0 atom stereocenters. The molecule has 18 heavy (non-hydrogen) atoms. The van der Waals surface area contributed by atoms with E-state index in [1.807, 2.05) is 0 Å². The molecule has 3 N–H and O–H groups in total. The molecule has 0 saturated carbocycles. The average molecular weight is 311 g/mol. The molecule has 1 saturated heterocycles. The second kappa shape index (κ2) is 4.96. The first-order valence-corrected chi connectivity index (χ1v) is 7.44. The maximum Gasteiger partial charge on any atom is 0.242 e. The summed E-state index contributed by atoms with van der Waals surface area (Å²) in [7, 11) is -3.78. The Bertz CT molecular complexity index is 558. The topological polar surface area (TPSA) is 78.4 Å². The highest BCUT2D eigenvalue weighted by molar-refractivity contribution is 7.89. The summed E-state index contributed by atoms with van der Waals surface area (Å²) in [5.74, 6) is 0.